The lowest BCUT2D eigenvalue weighted by molar-refractivity contribution is 0.398. The second-order valence-electron chi connectivity index (χ2n) is 3.76. The summed E-state index contributed by atoms with van der Waals surface area (Å²) < 4.78 is 11.1. The molecule has 1 aliphatic rings. The maximum atomic E-state index is 11.1. The first-order valence-corrected chi connectivity index (χ1v) is 6.73. The van der Waals surface area contributed by atoms with Crippen molar-refractivity contribution in [3.05, 3.63) is 0 Å². The topological polar surface area (TPSA) is 52.9 Å². The molecular formula is C10H18N2OS. The highest BCUT2D eigenvalue weighted by atomic mass is 32.2. The molecule has 0 saturated carbocycles. The Bertz CT molecular complexity index is 227. The molecule has 0 bridgehead atoms. The largest absolute Gasteiger partial charge is 0.310 e. The molecule has 14 heavy (non-hydrogen) atoms. The Balaban J connectivity index is 2.29. The minimum Gasteiger partial charge on any atom is -0.310 e. The fourth-order valence-electron chi connectivity index (χ4n) is 1.73. The minimum absolute atomic E-state index is 0.316. The molecule has 0 aliphatic carbocycles. The third-order valence-corrected chi connectivity index (χ3v) is 4.07. The van der Waals surface area contributed by atoms with E-state index in [1.54, 1.807) is 0 Å². The molecule has 0 radical (unpaired) electrons. The van der Waals surface area contributed by atoms with E-state index >= 15 is 0 Å². The van der Waals surface area contributed by atoms with E-state index in [0.717, 1.165) is 30.8 Å². The first-order chi connectivity index (χ1) is 6.76. The molecule has 1 aliphatic heterocycles. The summed E-state index contributed by atoms with van der Waals surface area (Å²) in [6, 6.07) is 2.99. The van der Waals surface area contributed by atoms with Crippen LogP contribution in [-0.2, 0) is 10.8 Å². The van der Waals surface area contributed by atoms with E-state index in [1.165, 1.54) is 0 Å². The highest BCUT2D eigenvalue weighted by molar-refractivity contribution is 7.85. The summed E-state index contributed by atoms with van der Waals surface area (Å²) in [4.78, 5) is 0. The first-order valence-electron chi connectivity index (χ1n) is 5.24. The lowest BCUT2D eigenvalue weighted by Gasteiger charge is -2.26. The van der Waals surface area contributed by atoms with E-state index in [2.05, 4.69) is 18.3 Å². The van der Waals surface area contributed by atoms with Crippen LogP contribution in [0.3, 0.4) is 0 Å². The lowest BCUT2D eigenvalue weighted by atomic mass is 10.1. The smallest absolute Gasteiger partial charge is 0.0638 e. The van der Waals surface area contributed by atoms with Gasteiger partial charge >= 0.3 is 0 Å². The zero-order valence-corrected chi connectivity index (χ0v) is 9.48. The molecule has 80 valence electrons. The summed E-state index contributed by atoms with van der Waals surface area (Å²) in [5.41, 5.74) is 0. The average Bonchev–Trinajstić information content (AvgIpc) is 2.20. The standard InChI is InChI=1S/C10H18N2OS/c1-2-9(3-6-11)12-10-4-7-14(13)8-5-10/h9-10,12H,2-5,7-8H2,1H3. The summed E-state index contributed by atoms with van der Waals surface area (Å²) in [6.45, 7) is 2.09. The first kappa shape index (κ1) is 11.7. The fourth-order valence-corrected chi connectivity index (χ4v) is 3.02. The summed E-state index contributed by atoms with van der Waals surface area (Å²) in [6.07, 6.45) is 3.56. The molecule has 3 nitrogen and oxygen atoms in total. The predicted molar refractivity (Wildman–Crippen MR) is 58.3 cm³/mol. The van der Waals surface area contributed by atoms with Gasteiger partial charge in [-0.3, -0.25) is 4.21 Å². The molecule has 1 rings (SSSR count). The SMILES string of the molecule is CCC(CC#N)NC1CCS(=O)CC1. The monoisotopic (exact) mass is 214 g/mol. The van der Waals surface area contributed by atoms with E-state index in [0.29, 0.717) is 18.5 Å². The van der Waals surface area contributed by atoms with Crippen molar-refractivity contribution in [3.8, 4) is 6.07 Å². The van der Waals surface area contributed by atoms with Crippen LogP contribution < -0.4 is 5.32 Å². The van der Waals surface area contributed by atoms with Crippen LogP contribution in [-0.4, -0.2) is 27.8 Å². The van der Waals surface area contributed by atoms with Crippen molar-refractivity contribution >= 4 is 10.8 Å². The molecule has 1 unspecified atom stereocenters. The maximum absolute atomic E-state index is 11.1. The zero-order valence-electron chi connectivity index (χ0n) is 8.66. The Morgan fingerprint density at radius 3 is 2.71 bits per heavy atom. The maximum Gasteiger partial charge on any atom is 0.0638 e. The molecule has 0 aromatic heterocycles. The Morgan fingerprint density at radius 2 is 2.21 bits per heavy atom. The van der Waals surface area contributed by atoms with Crippen molar-refractivity contribution in [3.63, 3.8) is 0 Å². The van der Waals surface area contributed by atoms with Crippen molar-refractivity contribution in [1.82, 2.24) is 5.32 Å². The van der Waals surface area contributed by atoms with Gasteiger partial charge < -0.3 is 5.32 Å². The van der Waals surface area contributed by atoms with Crippen LogP contribution in [0, 0.1) is 11.3 Å². The van der Waals surface area contributed by atoms with Gasteiger partial charge in [0.15, 0.2) is 0 Å². The van der Waals surface area contributed by atoms with Crippen LogP contribution in [0.5, 0.6) is 0 Å². The summed E-state index contributed by atoms with van der Waals surface area (Å²) in [5.74, 6) is 1.64. The average molecular weight is 214 g/mol. The normalized spacial score (nSPS) is 29.4. The number of hydrogen-bond acceptors (Lipinski definition) is 3. The molecule has 0 aromatic rings. The molecule has 1 atom stereocenters. The minimum atomic E-state index is -0.586. The van der Waals surface area contributed by atoms with Gasteiger partial charge in [-0.2, -0.15) is 5.26 Å². The van der Waals surface area contributed by atoms with Gasteiger partial charge in [0, 0.05) is 34.4 Å². The van der Waals surface area contributed by atoms with Crippen molar-refractivity contribution < 1.29 is 4.21 Å². The summed E-state index contributed by atoms with van der Waals surface area (Å²) in [5, 5.41) is 12.1. The number of hydrogen-bond donors (Lipinski definition) is 1. The molecule has 1 N–H and O–H groups in total. The van der Waals surface area contributed by atoms with E-state index in [-0.39, 0.29) is 0 Å². The van der Waals surface area contributed by atoms with E-state index in [9.17, 15) is 4.21 Å². The van der Waals surface area contributed by atoms with Gasteiger partial charge in [-0.05, 0) is 19.3 Å². The number of nitrogens with one attached hydrogen (secondary N) is 1. The molecule has 0 amide bonds. The summed E-state index contributed by atoms with van der Waals surface area (Å²) in [7, 11) is -0.586. The van der Waals surface area contributed by atoms with Crippen molar-refractivity contribution in [2.24, 2.45) is 0 Å². The van der Waals surface area contributed by atoms with Crippen LogP contribution in [0.2, 0.25) is 0 Å². The van der Waals surface area contributed by atoms with E-state index < -0.39 is 10.8 Å². The predicted octanol–water partition coefficient (Wildman–Crippen LogP) is 1.18. The van der Waals surface area contributed by atoms with Crippen LogP contribution in [0.15, 0.2) is 0 Å². The summed E-state index contributed by atoms with van der Waals surface area (Å²) >= 11 is 0. The lowest BCUT2D eigenvalue weighted by Crippen LogP contribution is -2.41. The van der Waals surface area contributed by atoms with Gasteiger partial charge in [-0.15, -0.1) is 0 Å². The van der Waals surface area contributed by atoms with Crippen LogP contribution in [0.4, 0.5) is 0 Å². The molecule has 0 spiro atoms. The molecule has 1 saturated heterocycles. The second kappa shape index (κ2) is 6.15. The molecular weight excluding hydrogens is 196 g/mol. The number of rotatable bonds is 4. The van der Waals surface area contributed by atoms with Gasteiger partial charge in [0.1, 0.15) is 0 Å². The second-order valence-corrected chi connectivity index (χ2v) is 5.45. The molecule has 1 heterocycles. The molecule has 4 heteroatoms. The van der Waals surface area contributed by atoms with Gasteiger partial charge in [0.05, 0.1) is 12.5 Å². The third-order valence-electron chi connectivity index (χ3n) is 2.69. The zero-order chi connectivity index (χ0) is 10.4. The van der Waals surface area contributed by atoms with Crippen molar-refractivity contribution in [2.75, 3.05) is 11.5 Å². The quantitative estimate of drug-likeness (QED) is 0.764. The van der Waals surface area contributed by atoms with Crippen LogP contribution >= 0.6 is 0 Å². The highest BCUT2D eigenvalue weighted by Crippen LogP contribution is 2.11. The highest BCUT2D eigenvalue weighted by Gasteiger charge is 2.19. The fraction of sp³-hybridized carbons (Fsp3) is 0.900. The Kier molecular flexibility index (Phi) is 5.13. The van der Waals surface area contributed by atoms with Gasteiger partial charge in [-0.25, -0.2) is 0 Å². The van der Waals surface area contributed by atoms with Crippen molar-refractivity contribution in [1.29, 1.82) is 5.26 Å². The molecule has 0 aromatic carbocycles. The Morgan fingerprint density at radius 1 is 1.57 bits per heavy atom. The molecule has 1 fully saturated rings. The van der Waals surface area contributed by atoms with E-state index in [4.69, 9.17) is 5.26 Å². The Labute approximate surface area is 88.3 Å². The van der Waals surface area contributed by atoms with Crippen LogP contribution in [0.25, 0.3) is 0 Å². The van der Waals surface area contributed by atoms with Gasteiger partial charge in [-0.1, -0.05) is 6.92 Å². The third kappa shape index (κ3) is 3.77. The van der Waals surface area contributed by atoms with Crippen LogP contribution in [0.1, 0.15) is 32.6 Å². The Hall–Kier alpha value is -0.400. The van der Waals surface area contributed by atoms with E-state index in [1.807, 2.05) is 0 Å². The van der Waals surface area contributed by atoms with Gasteiger partial charge in [0.25, 0.3) is 0 Å². The van der Waals surface area contributed by atoms with Crippen molar-refractivity contribution in [2.45, 2.75) is 44.7 Å². The number of nitrogens with zero attached hydrogens (tertiary/aromatic N) is 1. The van der Waals surface area contributed by atoms with Gasteiger partial charge in [0.2, 0.25) is 0 Å². The number of nitriles is 1.